The SMILES string of the molecule is C#CCN([C@@H]1CC=CC[C@@H]1N(CC#C)S(=O)(=O)c1ccc(C)cc1)S(=O)(=O)c1ccc(C)cc1. The first kappa shape index (κ1) is 25.7. The van der Waals surface area contributed by atoms with E-state index in [9.17, 15) is 16.8 Å². The Balaban J connectivity index is 2.08. The van der Waals surface area contributed by atoms with E-state index in [2.05, 4.69) is 11.8 Å². The molecule has 0 saturated carbocycles. The monoisotopic (exact) mass is 496 g/mol. The molecule has 3 rings (SSSR count). The van der Waals surface area contributed by atoms with E-state index in [1.54, 1.807) is 24.3 Å². The first-order chi connectivity index (χ1) is 16.1. The Kier molecular flexibility index (Phi) is 8.01. The van der Waals surface area contributed by atoms with Gasteiger partial charge < -0.3 is 0 Å². The summed E-state index contributed by atoms with van der Waals surface area (Å²) < 4.78 is 56.9. The fourth-order valence-corrected chi connectivity index (χ4v) is 7.19. The molecule has 0 aromatic heterocycles. The third-order valence-corrected chi connectivity index (χ3v) is 9.63. The van der Waals surface area contributed by atoms with Crippen LogP contribution in [0, 0.1) is 38.5 Å². The molecule has 2 atom stereocenters. The number of nitrogens with zero attached hydrogens (tertiary/aromatic N) is 2. The molecule has 0 spiro atoms. The van der Waals surface area contributed by atoms with Crippen molar-refractivity contribution in [3.8, 4) is 24.7 Å². The largest absolute Gasteiger partial charge is 0.244 e. The summed E-state index contributed by atoms with van der Waals surface area (Å²) in [5.74, 6) is 4.87. The molecular weight excluding hydrogens is 468 g/mol. The molecule has 1 aliphatic carbocycles. The van der Waals surface area contributed by atoms with Gasteiger partial charge in [-0.15, -0.1) is 12.8 Å². The van der Waals surface area contributed by atoms with E-state index in [1.165, 1.54) is 32.9 Å². The third kappa shape index (κ3) is 5.27. The van der Waals surface area contributed by atoms with Gasteiger partial charge in [-0.3, -0.25) is 0 Å². The van der Waals surface area contributed by atoms with Gasteiger partial charge in [0.1, 0.15) is 0 Å². The molecule has 8 heteroatoms. The van der Waals surface area contributed by atoms with E-state index in [0.29, 0.717) is 12.8 Å². The van der Waals surface area contributed by atoms with Gasteiger partial charge >= 0.3 is 0 Å². The maximum Gasteiger partial charge on any atom is 0.244 e. The van der Waals surface area contributed by atoms with Gasteiger partial charge in [0.05, 0.1) is 22.9 Å². The van der Waals surface area contributed by atoms with Crippen LogP contribution in [0.25, 0.3) is 0 Å². The molecule has 34 heavy (non-hydrogen) atoms. The maximum atomic E-state index is 13.6. The molecule has 2 aromatic rings. The molecule has 0 aliphatic heterocycles. The van der Waals surface area contributed by atoms with Crippen LogP contribution in [0.2, 0.25) is 0 Å². The number of terminal acetylenes is 2. The minimum Gasteiger partial charge on any atom is -0.207 e. The molecule has 0 N–H and O–H groups in total. The summed E-state index contributed by atoms with van der Waals surface area (Å²) in [6, 6.07) is 11.5. The third-order valence-electron chi connectivity index (χ3n) is 5.86. The van der Waals surface area contributed by atoms with E-state index in [0.717, 1.165) is 11.1 Å². The van der Waals surface area contributed by atoms with Crippen molar-refractivity contribution in [2.45, 2.75) is 48.6 Å². The van der Waals surface area contributed by atoms with E-state index in [4.69, 9.17) is 12.8 Å². The fourth-order valence-electron chi connectivity index (χ4n) is 4.04. The van der Waals surface area contributed by atoms with Crippen molar-refractivity contribution in [1.82, 2.24) is 8.61 Å². The smallest absolute Gasteiger partial charge is 0.207 e. The van der Waals surface area contributed by atoms with Crippen LogP contribution in [0.4, 0.5) is 0 Å². The lowest BCUT2D eigenvalue weighted by atomic mass is 9.95. The standard InChI is InChI=1S/C26H28N2O4S2/c1-5-19-27(33(29,30)23-15-11-21(3)12-16-23)25-9-7-8-10-26(25)28(20-6-2)34(31,32)24-17-13-22(4)14-18-24/h1-2,7-8,11-18,25-26H,9-10,19-20H2,3-4H3/t25-,26+. The van der Waals surface area contributed by atoms with Crippen molar-refractivity contribution in [2.75, 3.05) is 13.1 Å². The number of hydrogen-bond acceptors (Lipinski definition) is 4. The average Bonchev–Trinajstić information content (AvgIpc) is 2.81. The molecule has 1 aliphatic rings. The Hall–Kier alpha value is -2.88. The molecule has 0 saturated heterocycles. The van der Waals surface area contributed by atoms with Gasteiger partial charge in [0, 0.05) is 12.1 Å². The Morgan fingerprint density at radius 2 is 1.03 bits per heavy atom. The molecule has 0 heterocycles. The molecule has 178 valence electrons. The van der Waals surface area contributed by atoms with Crippen molar-refractivity contribution in [3.05, 3.63) is 71.8 Å². The second-order valence-electron chi connectivity index (χ2n) is 8.21. The Bertz CT molecular complexity index is 1230. The van der Waals surface area contributed by atoms with Crippen LogP contribution >= 0.6 is 0 Å². The Labute approximate surface area is 203 Å². The highest BCUT2D eigenvalue weighted by Gasteiger charge is 2.42. The predicted octanol–water partition coefficient (Wildman–Crippen LogP) is 3.34. The van der Waals surface area contributed by atoms with Crippen molar-refractivity contribution in [2.24, 2.45) is 0 Å². The average molecular weight is 497 g/mol. The van der Waals surface area contributed by atoms with Gasteiger partial charge in [-0.05, 0) is 51.0 Å². The van der Waals surface area contributed by atoms with Crippen molar-refractivity contribution < 1.29 is 16.8 Å². The van der Waals surface area contributed by atoms with Gasteiger partial charge in [0.15, 0.2) is 0 Å². The van der Waals surface area contributed by atoms with Crippen LogP contribution in [0.3, 0.4) is 0 Å². The normalized spacial score (nSPS) is 18.5. The number of aryl methyl sites for hydroxylation is 2. The summed E-state index contributed by atoms with van der Waals surface area (Å²) >= 11 is 0. The van der Waals surface area contributed by atoms with E-state index in [-0.39, 0.29) is 22.9 Å². The van der Waals surface area contributed by atoms with Gasteiger partial charge in [-0.1, -0.05) is 59.4 Å². The molecule has 2 aromatic carbocycles. The molecule has 0 fully saturated rings. The minimum atomic E-state index is -3.99. The second-order valence-corrected chi connectivity index (χ2v) is 12.0. The van der Waals surface area contributed by atoms with Crippen molar-refractivity contribution >= 4 is 20.0 Å². The predicted molar refractivity (Wildman–Crippen MR) is 134 cm³/mol. The maximum absolute atomic E-state index is 13.6. The minimum absolute atomic E-state index is 0.103. The number of benzene rings is 2. The van der Waals surface area contributed by atoms with E-state index >= 15 is 0 Å². The van der Waals surface area contributed by atoms with Gasteiger partial charge in [0.2, 0.25) is 20.0 Å². The van der Waals surface area contributed by atoms with Crippen molar-refractivity contribution in [1.29, 1.82) is 0 Å². The van der Waals surface area contributed by atoms with E-state index in [1.807, 2.05) is 26.0 Å². The van der Waals surface area contributed by atoms with Crippen LogP contribution < -0.4 is 0 Å². The zero-order valence-electron chi connectivity index (χ0n) is 19.3. The summed E-state index contributed by atoms with van der Waals surface area (Å²) in [6.45, 7) is 3.34. The first-order valence-electron chi connectivity index (χ1n) is 10.8. The van der Waals surface area contributed by atoms with Gasteiger partial charge in [0.25, 0.3) is 0 Å². The summed E-state index contributed by atoms with van der Waals surface area (Å²) in [6.07, 6.45) is 15.4. The lowest BCUT2D eigenvalue weighted by molar-refractivity contribution is 0.204. The first-order valence-corrected chi connectivity index (χ1v) is 13.7. The summed E-state index contributed by atoms with van der Waals surface area (Å²) in [5, 5.41) is 0. The molecule has 0 bridgehead atoms. The second kappa shape index (κ2) is 10.6. The lowest BCUT2D eigenvalue weighted by Gasteiger charge is -2.41. The van der Waals surface area contributed by atoms with E-state index < -0.39 is 32.1 Å². The van der Waals surface area contributed by atoms with Crippen LogP contribution in [0.5, 0.6) is 0 Å². The zero-order valence-corrected chi connectivity index (χ0v) is 20.9. The zero-order chi connectivity index (χ0) is 24.9. The lowest BCUT2D eigenvalue weighted by Crippen LogP contribution is -2.55. The Morgan fingerprint density at radius 1 is 0.706 bits per heavy atom. The summed E-state index contributed by atoms with van der Waals surface area (Å²) in [7, 11) is -7.99. The molecule has 0 unspecified atom stereocenters. The summed E-state index contributed by atoms with van der Waals surface area (Å²) in [4.78, 5) is 0.207. The highest BCUT2D eigenvalue weighted by atomic mass is 32.2. The van der Waals surface area contributed by atoms with Crippen molar-refractivity contribution in [3.63, 3.8) is 0 Å². The highest BCUT2D eigenvalue weighted by molar-refractivity contribution is 7.89. The quantitative estimate of drug-likeness (QED) is 0.415. The van der Waals surface area contributed by atoms with Crippen LogP contribution in [0.15, 0.2) is 70.5 Å². The molecule has 0 amide bonds. The van der Waals surface area contributed by atoms with Crippen LogP contribution in [-0.4, -0.2) is 50.6 Å². The van der Waals surface area contributed by atoms with Gasteiger partial charge in [-0.2, -0.15) is 8.61 Å². The fraction of sp³-hybridized carbons (Fsp3) is 0.308. The highest BCUT2D eigenvalue weighted by Crippen LogP contribution is 2.31. The Morgan fingerprint density at radius 3 is 1.32 bits per heavy atom. The van der Waals surface area contributed by atoms with Gasteiger partial charge in [-0.25, -0.2) is 16.8 Å². The molecular formula is C26H28N2O4S2. The number of hydrogen-bond donors (Lipinski definition) is 0. The van der Waals surface area contributed by atoms with Crippen LogP contribution in [-0.2, 0) is 20.0 Å². The number of rotatable bonds is 8. The van der Waals surface area contributed by atoms with Crippen LogP contribution in [0.1, 0.15) is 24.0 Å². The number of sulfonamides is 2. The topological polar surface area (TPSA) is 74.8 Å². The summed E-state index contributed by atoms with van der Waals surface area (Å²) in [5.41, 5.74) is 1.84. The molecule has 0 radical (unpaired) electrons. The molecule has 6 nitrogen and oxygen atoms in total.